The average molecular weight is 332 g/mol. The quantitative estimate of drug-likeness (QED) is 0.905. The van der Waals surface area contributed by atoms with Crippen molar-refractivity contribution in [2.75, 3.05) is 18.4 Å². The molecule has 1 fully saturated rings. The van der Waals surface area contributed by atoms with Crippen LogP contribution in [0.1, 0.15) is 30.8 Å². The van der Waals surface area contributed by atoms with Crippen LogP contribution in [0.25, 0.3) is 0 Å². The molecule has 23 heavy (non-hydrogen) atoms. The van der Waals surface area contributed by atoms with E-state index in [1.54, 1.807) is 4.90 Å². The first kappa shape index (κ1) is 15.9. The summed E-state index contributed by atoms with van der Waals surface area (Å²) in [6, 6.07) is 9.87. The maximum atomic E-state index is 12.1. The number of carbonyl (C=O) groups is 1. The molecule has 7 heteroatoms. The Morgan fingerprint density at radius 2 is 2.09 bits per heavy atom. The minimum Gasteiger partial charge on any atom is -0.391 e. The molecule has 0 spiro atoms. The summed E-state index contributed by atoms with van der Waals surface area (Å²) in [5.74, 6) is 0. The van der Waals surface area contributed by atoms with Gasteiger partial charge in [0.15, 0.2) is 0 Å². The lowest BCUT2D eigenvalue weighted by atomic mass is 9.85. The second-order valence-electron chi connectivity index (χ2n) is 6.22. The van der Waals surface area contributed by atoms with Gasteiger partial charge < -0.3 is 10.0 Å². The van der Waals surface area contributed by atoms with Gasteiger partial charge in [0.05, 0.1) is 6.10 Å². The lowest BCUT2D eigenvalue weighted by Gasteiger charge is -2.21. The fourth-order valence-electron chi connectivity index (χ4n) is 2.60. The van der Waals surface area contributed by atoms with Crippen molar-refractivity contribution in [3.63, 3.8) is 0 Å². The molecule has 2 amide bonds. The van der Waals surface area contributed by atoms with Crippen molar-refractivity contribution in [1.82, 2.24) is 15.1 Å². The highest BCUT2D eigenvalue weighted by Crippen LogP contribution is 2.34. The second kappa shape index (κ2) is 6.25. The number of aliphatic hydroxyl groups is 1. The van der Waals surface area contributed by atoms with Gasteiger partial charge in [0.1, 0.15) is 5.01 Å². The summed E-state index contributed by atoms with van der Waals surface area (Å²) in [4.78, 5) is 13.7. The van der Waals surface area contributed by atoms with E-state index in [9.17, 15) is 9.90 Å². The van der Waals surface area contributed by atoms with E-state index in [4.69, 9.17) is 0 Å². The third kappa shape index (κ3) is 3.35. The summed E-state index contributed by atoms with van der Waals surface area (Å²) in [5, 5.41) is 21.9. The van der Waals surface area contributed by atoms with Crippen molar-refractivity contribution in [2.45, 2.75) is 31.8 Å². The topological polar surface area (TPSA) is 78.4 Å². The summed E-state index contributed by atoms with van der Waals surface area (Å²) in [7, 11) is 0. The van der Waals surface area contributed by atoms with Gasteiger partial charge in [-0.15, -0.1) is 10.2 Å². The summed E-state index contributed by atoms with van der Waals surface area (Å²) in [5.41, 5.74) is 0.878. The van der Waals surface area contributed by atoms with E-state index < -0.39 is 6.10 Å². The van der Waals surface area contributed by atoms with Gasteiger partial charge in [0.2, 0.25) is 5.13 Å². The zero-order valence-corrected chi connectivity index (χ0v) is 14.0. The van der Waals surface area contributed by atoms with Gasteiger partial charge >= 0.3 is 6.03 Å². The average Bonchev–Trinajstić information content (AvgIpc) is 3.17. The number of rotatable bonds is 3. The van der Waals surface area contributed by atoms with E-state index in [0.29, 0.717) is 24.6 Å². The van der Waals surface area contributed by atoms with E-state index in [0.717, 1.165) is 10.6 Å². The number of aromatic nitrogens is 2. The maximum Gasteiger partial charge on any atom is 0.323 e. The molecule has 1 aliphatic heterocycles. The van der Waals surface area contributed by atoms with Crippen LogP contribution in [0.2, 0.25) is 0 Å². The van der Waals surface area contributed by atoms with Crippen molar-refractivity contribution < 1.29 is 9.90 Å². The molecule has 2 aromatic rings. The Morgan fingerprint density at radius 3 is 2.74 bits per heavy atom. The lowest BCUT2D eigenvalue weighted by molar-refractivity contribution is 0.176. The zero-order valence-electron chi connectivity index (χ0n) is 13.2. The highest BCUT2D eigenvalue weighted by atomic mass is 32.1. The van der Waals surface area contributed by atoms with Gasteiger partial charge in [-0.1, -0.05) is 41.7 Å². The van der Waals surface area contributed by atoms with Crippen molar-refractivity contribution >= 4 is 22.5 Å². The van der Waals surface area contributed by atoms with Crippen LogP contribution in [0, 0.1) is 0 Å². The highest BCUT2D eigenvalue weighted by Gasteiger charge is 2.29. The SMILES string of the molecule is CC(C)(c1ccccc1)c1nnc(NC(=O)N2CC[C@H](O)C2)s1. The monoisotopic (exact) mass is 332 g/mol. The molecule has 1 aromatic carbocycles. The number of nitrogens with one attached hydrogen (secondary N) is 1. The lowest BCUT2D eigenvalue weighted by Crippen LogP contribution is -2.33. The number of amides is 2. The first-order valence-electron chi connectivity index (χ1n) is 7.60. The van der Waals surface area contributed by atoms with Gasteiger partial charge in [-0.2, -0.15) is 0 Å². The molecule has 1 atom stereocenters. The molecular weight excluding hydrogens is 312 g/mol. The first-order valence-corrected chi connectivity index (χ1v) is 8.42. The fraction of sp³-hybridized carbons (Fsp3) is 0.438. The Labute approximate surface area is 139 Å². The van der Waals surface area contributed by atoms with Crippen LogP contribution in [0.15, 0.2) is 30.3 Å². The Hall–Kier alpha value is -1.99. The van der Waals surface area contributed by atoms with Gasteiger partial charge in [0.25, 0.3) is 0 Å². The second-order valence-corrected chi connectivity index (χ2v) is 7.20. The molecule has 6 nitrogen and oxygen atoms in total. The van der Waals surface area contributed by atoms with Crippen LogP contribution in [0.5, 0.6) is 0 Å². The van der Waals surface area contributed by atoms with Crippen molar-refractivity contribution in [2.24, 2.45) is 0 Å². The largest absolute Gasteiger partial charge is 0.391 e. The number of hydrogen-bond acceptors (Lipinski definition) is 5. The van der Waals surface area contributed by atoms with Crippen LogP contribution in [0.4, 0.5) is 9.93 Å². The number of aliphatic hydroxyl groups excluding tert-OH is 1. The smallest absolute Gasteiger partial charge is 0.323 e. The number of carbonyl (C=O) groups excluding carboxylic acids is 1. The molecule has 2 N–H and O–H groups in total. The van der Waals surface area contributed by atoms with Gasteiger partial charge in [-0.25, -0.2) is 4.79 Å². The van der Waals surface area contributed by atoms with Crippen LogP contribution < -0.4 is 5.32 Å². The van der Waals surface area contributed by atoms with Crippen LogP contribution in [-0.2, 0) is 5.41 Å². The molecule has 2 heterocycles. The molecule has 1 aromatic heterocycles. The normalized spacial score (nSPS) is 18.2. The predicted molar refractivity (Wildman–Crippen MR) is 89.7 cm³/mol. The molecule has 0 saturated carbocycles. The Kier molecular flexibility index (Phi) is 4.32. The Balaban J connectivity index is 1.72. The molecule has 3 rings (SSSR count). The summed E-state index contributed by atoms with van der Waals surface area (Å²) in [6.45, 7) is 5.11. The van der Waals surface area contributed by atoms with Crippen LogP contribution in [-0.4, -0.2) is 45.4 Å². The number of hydrogen-bond donors (Lipinski definition) is 2. The minimum absolute atomic E-state index is 0.234. The number of likely N-dealkylation sites (tertiary alicyclic amines) is 1. The number of nitrogens with zero attached hydrogens (tertiary/aromatic N) is 3. The van der Waals surface area contributed by atoms with E-state index >= 15 is 0 Å². The van der Waals surface area contributed by atoms with Gasteiger partial charge in [0, 0.05) is 18.5 Å². The van der Waals surface area contributed by atoms with E-state index in [1.807, 2.05) is 18.2 Å². The minimum atomic E-state index is -0.428. The van der Waals surface area contributed by atoms with Gasteiger partial charge in [-0.3, -0.25) is 5.32 Å². The molecule has 0 unspecified atom stereocenters. The van der Waals surface area contributed by atoms with E-state index in [2.05, 4.69) is 41.5 Å². The standard InChI is InChI=1S/C16H20N4O2S/c1-16(2,11-6-4-3-5-7-11)13-18-19-14(23-13)17-15(22)20-9-8-12(21)10-20/h3-7,12,21H,8-10H2,1-2H3,(H,17,19,22)/t12-/m0/s1. The molecule has 0 aliphatic carbocycles. The Morgan fingerprint density at radius 1 is 1.35 bits per heavy atom. The van der Waals surface area contributed by atoms with E-state index in [1.165, 1.54) is 11.3 Å². The number of urea groups is 1. The van der Waals surface area contributed by atoms with E-state index in [-0.39, 0.29) is 11.4 Å². The molecule has 0 radical (unpaired) electrons. The molecular formula is C16H20N4O2S. The third-order valence-electron chi connectivity index (χ3n) is 4.12. The van der Waals surface area contributed by atoms with Crippen molar-refractivity contribution in [3.8, 4) is 0 Å². The number of benzene rings is 1. The summed E-state index contributed by atoms with van der Waals surface area (Å²) >= 11 is 1.38. The van der Waals surface area contributed by atoms with Crippen LogP contribution >= 0.6 is 11.3 Å². The number of anilines is 1. The highest BCUT2D eigenvalue weighted by molar-refractivity contribution is 7.15. The number of β-amino-alcohol motifs (C(OH)–C–C–N with tert-alkyl or cyclic N) is 1. The van der Waals surface area contributed by atoms with Crippen molar-refractivity contribution in [1.29, 1.82) is 0 Å². The molecule has 1 saturated heterocycles. The molecule has 122 valence electrons. The Bertz CT molecular complexity index is 686. The first-order chi connectivity index (χ1) is 11.0. The maximum absolute atomic E-state index is 12.1. The van der Waals surface area contributed by atoms with Crippen LogP contribution in [0.3, 0.4) is 0 Å². The van der Waals surface area contributed by atoms with Crippen molar-refractivity contribution in [3.05, 3.63) is 40.9 Å². The van der Waals surface area contributed by atoms with Gasteiger partial charge in [-0.05, 0) is 25.8 Å². The third-order valence-corrected chi connectivity index (χ3v) is 5.28. The zero-order chi connectivity index (χ0) is 16.4. The molecule has 1 aliphatic rings. The summed E-state index contributed by atoms with van der Waals surface area (Å²) < 4.78 is 0. The predicted octanol–water partition coefficient (Wildman–Crippen LogP) is 2.46. The summed E-state index contributed by atoms with van der Waals surface area (Å²) in [6.07, 6.45) is 0.193. The molecule has 0 bridgehead atoms. The fourth-order valence-corrected chi connectivity index (χ4v) is 3.46.